The predicted octanol–water partition coefficient (Wildman–Crippen LogP) is 1.35. The fourth-order valence-electron chi connectivity index (χ4n) is 4.32. The molecule has 0 aromatic carbocycles. The van der Waals surface area contributed by atoms with E-state index in [0.29, 0.717) is 56.8 Å². The minimum Gasteiger partial charge on any atom is -0.361 e. The molecule has 0 aliphatic carbocycles. The van der Waals surface area contributed by atoms with Gasteiger partial charge in [-0.1, -0.05) is 5.16 Å². The quantitative estimate of drug-likeness (QED) is 0.848. The van der Waals surface area contributed by atoms with Crippen molar-refractivity contribution in [2.75, 3.05) is 31.1 Å². The number of hydrogen-bond donors (Lipinski definition) is 1. The lowest BCUT2D eigenvalue weighted by atomic mass is 10.0. The van der Waals surface area contributed by atoms with E-state index in [1.807, 2.05) is 23.6 Å². The highest BCUT2D eigenvalue weighted by Crippen LogP contribution is 2.33. The maximum atomic E-state index is 13.5. The van der Waals surface area contributed by atoms with Gasteiger partial charge in [0, 0.05) is 50.0 Å². The van der Waals surface area contributed by atoms with Crippen molar-refractivity contribution in [2.24, 2.45) is 11.8 Å². The molecule has 0 bridgehead atoms. The molecule has 8 nitrogen and oxygen atoms in total. The molecule has 0 saturated carbocycles. The molecule has 2 fully saturated rings. The van der Waals surface area contributed by atoms with Gasteiger partial charge in [-0.2, -0.15) is 4.39 Å². The smallest absolute Gasteiger partial charge is 0.288 e. The Bertz CT molecular complexity index is 935. The first-order valence-electron chi connectivity index (χ1n) is 9.54. The highest BCUT2D eigenvalue weighted by Gasteiger charge is 2.42. The van der Waals surface area contributed by atoms with Crippen LogP contribution >= 0.6 is 0 Å². The van der Waals surface area contributed by atoms with Crippen LogP contribution in [0, 0.1) is 38.4 Å². The molecule has 9 heteroatoms. The number of aryl methyl sites for hydroxylation is 3. The zero-order valence-corrected chi connectivity index (χ0v) is 16.3. The summed E-state index contributed by atoms with van der Waals surface area (Å²) in [7, 11) is 0. The molecule has 0 radical (unpaired) electrons. The number of nitrogens with zero attached hydrogens (tertiary/aromatic N) is 4. The summed E-state index contributed by atoms with van der Waals surface area (Å²) in [6.45, 7) is 8.05. The Morgan fingerprint density at radius 3 is 2.43 bits per heavy atom. The van der Waals surface area contributed by atoms with Crippen LogP contribution in [0.3, 0.4) is 0 Å². The zero-order valence-electron chi connectivity index (χ0n) is 16.3. The second-order valence-electron chi connectivity index (χ2n) is 7.82. The Morgan fingerprint density at radius 2 is 1.86 bits per heavy atom. The molecule has 4 rings (SSSR count). The van der Waals surface area contributed by atoms with Gasteiger partial charge in [0.05, 0.1) is 11.4 Å². The summed E-state index contributed by atoms with van der Waals surface area (Å²) in [6, 6.07) is 0. The van der Waals surface area contributed by atoms with Crippen LogP contribution in [0.2, 0.25) is 0 Å². The number of halogens is 1. The van der Waals surface area contributed by atoms with Crippen LogP contribution < -0.4 is 10.5 Å². The summed E-state index contributed by atoms with van der Waals surface area (Å²) in [4.78, 5) is 34.9. The van der Waals surface area contributed by atoms with Gasteiger partial charge in [0.2, 0.25) is 17.7 Å². The Kier molecular flexibility index (Phi) is 4.68. The van der Waals surface area contributed by atoms with Crippen molar-refractivity contribution in [3.05, 3.63) is 38.9 Å². The van der Waals surface area contributed by atoms with Gasteiger partial charge in [0.15, 0.2) is 0 Å². The van der Waals surface area contributed by atoms with Gasteiger partial charge in [-0.25, -0.2) is 4.98 Å². The summed E-state index contributed by atoms with van der Waals surface area (Å²) in [5.41, 5.74) is 1.22. The van der Waals surface area contributed by atoms with Gasteiger partial charge in [-0.3, -0.25) is 14.6 Å². The lowest BCUT2D eigenvalue weighted by Gasteiger charge is -2.22. The first-order valence-corrected chi connectivity index (χ1v) is 9.54. The van der Waals surface area contributed by atoms with Gasteiger partial charge in [-0.05, 0) is 27.2 Å². The molecular weight excluding hydrogens is 365 g/mol. The van der Waals surface area contributed by atoms with Crippen LogP contribution in [-0.2, 0) is 11.2 Å². The number of fused-ring (bicyclic) bond motifs is 1. The third-order valence-electron chi connectivity index (χ3n) is 5.92. The minimum atomic E-state index is -0.835. The maximum absolute atomic E-state index is 13.5. The van der Waals surface area contributed by atoms with Crippen molar-refractivity contribution in [1.29, 1.82) is 0 Å². The molecule has 1 N–H and O–H groups in total. The highest BCUT2D eigenvalue weighted by atomic mass is 19.1. The van der Waals surface area contributed by atoms with E-state index >= 15 is 0 Å². The number of rotatable bonds is 4. The summed E-state index contributed by atoms with van der Waals surface area (Å²) >= 11 is 0. The first kappa shape index (κ1) is 18.6. The molecule has 2 atom stereocenters. The predicted molar refractivity (Wildman–Crippen MR) is 99.6 cm³/mol. The summed E-state index contributed by atoms with van der Waals surface area (Å²) in [5.74, 6) is 1.16. The molecule has 2 aliphatic rings. The Balaban J connectivity index is 1.35. The van der Waals surface area contributed by atoms with Crippen molar-refractivity contribution in [2.45, 2.75) is 33.6 Å². The van der Waals surface area contributed by atoms with Crippen molar-refractivity contribution in [3.63, 3.8) is 0 Å². The third-order valence-corrected chi connectivity index (χ3v) is 5.92. The normalized spacial score (nSPS) is 21.4. The highest BCUT2D eigenvalue weighted by molar-refractivity contribution is 5.77. The molecule has 2 aliphatic heterocycles. The zero-order chi connectivity index (χ0) is 20.0. The summed E-state index contributed by atoms with van der Waals surface area (Å²) in [6.07, 6.45) is 1.08. The summed E-state index contributed by atoms with van der Waals surface area (Å²) < 4.78 is 18.7. The molecule has 150 valence electrons. The SMILES string of the molecule is Cc1noc(C)c1CCC(=O)N1CC2CN(c3nc(C)c(F)c(=O)[nH]3)CC2C1. The fourth-order valence-corrected chi connectivity index (χ4v) is 4.32. The van der Waals surface area contributed by atoms with E-state index in [1.54, 1.807) is 0 Å². The van der Waals surface area contributed by atoms with Crippen molar-refractivity contribution in [1.82, 2.24) is 20.0 Å². The van der Waals surface area contributed by atoms with E-state index in [4.69, 9.17) is 4.52 Å². The number of aromatic amines is 1. The molecule has 2 saturated heterocycles. The van der Waals surface area contributed by atoms with E-state index in [-0.39, 0.29) is 11.6 Å². The Morgan fingerprint density at radius 1 is 1.18 bits per heavy atom. The fraction of sp³-hybridized carbons (Fsp3) is 0.579. The van der Waals surface area contributed by atoms with Crippen LogP contribution in [-0.4, -0.2) is 52.1 Å². The van der Waals surface area contributed by atoms with Crippen LogP contribution in [0.1, 0.15) is 29.1 Å². The molecule has 2 aromatic heterocycles. The molecule has 28 heavy (non-hydrogen) atoms. The average molecular weight is 389 g/mol. The van der Waals surface area contributed by atoms with Crippen molar-refractivity contribution < 1.29 is 13.7 Å². The molecule has 2 aromatic rings. The maximum Gasteiger partial charge on any atom is 0.288 e. The number of H-pyrrole nitrogens is 1. The largest absolute Gasteiger partial charge is 0.361 e. The molecule has 4 heterocycles. The van der Waals surface area contributed by atoms with Crippen LogP contribution in [0.15, 0.2) is 9.32 Å². The second-order valence-corrected chi connectivity index (χ2v) is 7.82. The topological polar surface area (TPSA) is 95.3 Å². The number of nitrogens with one attached hydrogen (secondary N) is 1. The van der Waals surface area contributed by atoms with E-state index < -0.39 is 11.4 Å². The van der Waals surface area contributed by atoms with Crippen molar-refractivity contribution >= 4 is 11.9 Å². The Hall–Kier alpha value is -2.71. The third kappa shape index (κ3) is 3.29. The number of anilines is 1. The van der Waals surface area contributed by atoms with E-state index in [9.17, 15) is 14.0 Å². The van der Waals surface area contributed by atoms with Crippen molar-refractivity contribution in [3.8, 4) is 0 Å². The molecule has 0 spiro atoms. The molecule has 1 amide bonds. The standard InChI is InChI=1S/C19H24FN5O3/c1-10-15(12(3)28-23-10)4-5-16(26)24-6-13-8-25(9-14(13)7-24)19-21-11(2)17(20)18(27)22-19/h13-14H,4-9H2,1-3H3,(H,21,22,27). The van der Waals surface area contributed by atoms with E-state index in [2.05, 4.69) is 15.1 Å². The van der Waals surface area contributed by atoms with Gasteiger partial charge in [0.25, 0.3) is 5.56 Å². The number of aromatic nitrogens is 3. The monoisotopic (exact) mass is 389 g/mol. The number of likely N-dealkylation sites (tertiary alicyclic amines) is 1. The second kappa shape index (κ2) is 7.03. The lowest BCUT2D eigenvalue weighted by Crippen LogP contribution is -2.34. The lowest BCUT2D eigenvalue weighted by molar-refractivity contribution is -0.130. The van der Waals surface area contributed by atoms with E-state index in [1.165, 1.54) is 6.92 Å². The van der Waals surface area contributed by atoms with E-state index in [0.717, 1.165) is 17.0 Å². The first-order chi connectivity index (χ1) is 13.3. The van der Waals surface area contributed by atoms with Gasteiger partial charge < -0.3 is 14.3 Å². The number of carbonyl (C=O) groups excluding carboxylic acids is 1. The molecular formula is C19H24FN5O3. The summed E-state index contributed by atoms with van der Waals surface area (Å²) in [5, 5.41) is 3.93. The molecule has 2 unspecified atom stereocenters. The van der Waals surface area contributed by atoms with Crippen LogP contribution in [0.25, 0.3) is 0 Å². The number of hydrogen-bond acceptors (Lipinski definition) is 6. The average Bonchev–Trinajstić information content (AvgIpc) is 3.31. The van der Waals surface area contributed by atoms with Crippen LogP contribution in [0.5, 0.6) is 0 Å². The number of carbonyl (C=O) groups is 1. The Labute approximate surface area is 161 Å². The van der Waals surface area contributed by atoms with Gasteiger partial charge >= 0.3 is 0 Å². The van der Waals surface area contributed by atoms with Gasteiger partial charge in [0.1, 0.15) is 5.76 Å². The van der Waals surface area contributed by atoms with Crippen LogP contribution in [0.4, 0.5) is 10.3 Å². The number of amides is 1. The minimum absolute atomic E-state index is 0.104. The van der Waals surface area contributed by atoms with Gasteiger partial charge in [-0.15, -0.1) is 0 Å².